The highest BCUT2D eigenvalue weighted by Crippen LogP contribution is 2.37. The van der Waals surface area contributed by atoms with E-state index in [2.05, 4.69) is 9.97 Å². The molecule has 8 heteroatoms. The maximum Gasteiger partial charge on any atom is 0.274 e. The number of allylic oxidation sites excluding steroid dienone is 4. The number of nitrogens with zero attached hydrogens (tertiary/aromatic N) is 4. The van der Waals surface area contributed by atoms with Gasteiger partial charge in [0, 0.05) is 47.2 Å². The van der Waals surface area contributed by atoms with Crippen molar-refractivity contribution in [2.45, 2.75) is 39.2 Å². The summed E-state index contributed by atoms with van der Waals surface area (Å²) < 4.78 is 1.85. The van der Waals surface area contributed by atoms with Crippen LogP contribution in [0.2, 0.25) is 0 Å². The number of likely N-dealkylation sites (tertiary alicyclic amines) is 1. The smallest absolute Gasteiger partial charge is 0.274 e. The van der Waals surface area contributed by atoms with E-state index in [4.69, 9.17) is 28.9 Å². The summed E-state index contributed by atoms with van der Waals surface area (Å²) in [7, 11) is 0. The van der Waals surface area contributed by atoms with E-state index < -0.39 is 0 Å². The summed E-state index contributed by atoms with van der Waals surface area (Å²) in [5, 5.41) is 1.32. The number of halogens is 2. The molecule has 3 heterocycles. The fourth-order valence-electron chi connectivity index (χ4n) is 3.80. The molecule has 142 valence electrons. The molecule has 1 fully saturated rings. The fraction of sp³-hybridized carbons (Fsp3) is 0.421. The number of nitrogens with two attached hydrogens (primary N) is 1. The Morgan fingerprint density at radius 1 is 1.22 bits per heavy atom. The molecule has 0 atom stereocenters. The lowest BCUT2D eigenvalue weighted by Crippen LogP contribution is -2.27. The monoisotopic (exact) mass is 405 g/mol. The van der Waals surface area contributed by atoms with Gasteiger partial charge in [-0.3, -0.25) is 9.20 Å². The van der Waals surface area contributed by atoms with E-state index in [0.29, 0.717) is 35.9 Å². The minimum absolute atomic E-state index is 0.0532. The van der Waals surface area contributed by atoms with E-state index in [1.807, 2.05) is 16.2 Å². The molecule has 27 heavy (non-hydrogen) atoms. The predicted octanol–water partition coefficient (Wildman–Crippen LogP) is 3.60. The van der Waals surface area contributed by atoms with Crippen LogP contribution >= 0.6 is 23.2 Å². The summed E-state index contributed by atoms with van der Waals surface area (Å²) in [5.41, 5.74) is 9.96. The Labute approximate surface area is 167 Å². The Balaban J connectivity index is 1.91. The number of aromatic nitrogens is 3. The Morgan fingerprint density at radius 2 is 1.96 bits per heavy atom. The molecule has 0 spiro atoms. The van der Waals surface area contributed by atoms with E-state index in [0.717, 1.165) is 53.5 Å². The molecule has 0 bridgehead atoms. The van der Waals surface area contributed by atoms with E-state index in [1.165, 1.54) is 0 Å². The zero-order chi connectivity index (χ0) is 19.1. The predicted molar refractivity (Wildman–Crippen MR) is 107 cm³/mol. The van der Waals surface area contributed by atoms with Crippen LogP contribution in [0.15, 0.2) is 22.3 Å². The molecule has 0 unspecified atom stereocenters. The number of carbonyl (C=O) groups excluding carboxylic acids is 1. The summed E-state index contributed by atoms with van der Waals surface area (Å²) in [5.74, 6) is 0.433. The van der Waals surface area contributed by atoms with Gasteiger partial charge in [0.15, 0.2) is 0 Å². The van der Waals surface area contributed by atoms with Crippen LogP contribution in [0.1, 0.15) is 53.1 Å². The van der Waals surface area contributed by atoms with Crippen LogP contribution in [0.4, 0.5) is 0 Å². The Bertz CT molecular complexity index is 986. The van der Waals surface area contributed by atoms with Gasteiger partial charge in [-0.1, -0.05) is 23.2 Å². The van der Waals surface area contributed by atoms with Crippen molar-refractivity contribution in [3.05, 3.63) is 45.0 Å². The molecule has 1 aliphatic carbocycles. The van der Waals surface area contributed by atoms with Crippen LogP contribution in [0, 0.1) is 6.92 Å². The molecule has 6 nitrogen and oxygen atoms in total. The molecule has 0 saturated carbocycles. The minimum atomic E-state index is -0.0532. The number of amides is 1. The van der Waals surface area contributed by atoms with Gasteiger partial charge in [-0.2, -0.15) is 0 Å². The number of imidazole rings is 1. The zero-order valence-electron chi connectivity index (χ0n) is 15.1. The van der Waals surface area contributed by atoms with E-state index in [-0.39, 0.29) is 5.91 Å². The third-order valence-corrected chi connectivity index (χ3v) is 5.84. The van der Waals surface area contributed by atoms with Crippen LogP contribution in [0.25, 0.3) is 11.4 Å². The molecule has 1 saturated heterocycles. The highest BCUT2D eigenvalue weighted by molar-refractivity contribution is 6.37. The average molecular weight is 406 g/mol. The van der Waals surface area contributed by atoms with E-state index in [9.17, 15) is 4.79 Å². The normalized spacial score (nSPS) is 17.8. The second kappa shape index (κ2) is 7.26. The van der Waals surface area contributed by atoms with Crippen molar-refractivity contribution >= 4 is 40.5 Å². The molecule has 2 aliphatic rings. The van der Waals surface area contributed by atoms with Crippen molar-refractivity contribution in [1.29, 1.82) is 0 Å². The number of aryl methyl sites for hydroxylation is 1. The third kappa shape index (κ3) is 3.26. The van der Waals surface area contributed by atoms with E-state index >= 15 is 0 Å². The highest BCUT2D eigenvalue weighted by atomic mass is 35.5. The van der Waals surface area contributed by atoms with Crippen molar-refractivity contribution < 1.29 is 4.79 Å². The summed E-state index contributed by atoms with van der Waals surface area (Å²) in [6.07, 6.45) is 7.02. The molecular formula is C19H21Cl2N5O. The lowest BCUT2D eigenvalue weighted by Gasteiger charge is -2.19. The number of fused-ring (bicyclic) bond motifs is 1. The zero-order valence-corrected chi connectivity index (χ0v) is 16.6. The fourth-order valence-corrected chi connectivity index (χ4v) is 4.37. The largest absolute Gasteiger partial charge is 0.337 e. The topological polar surface area (TPSA) is 76.5 Å². The van der Waals surface area contributed by atoms with Crippen molar-refractivity contribution in [1.82, 2.24) is 19.3 Å². The van der Waals surface area contributed by atoms with Crippen LogP contribution < -0.4 is 5.73 Å². The van der Waals surface area contributed by atoms with Crippen molar-refractivity contribution in [2.75, 3.05) is 13.1 Å². The highest BCUT2D eigenvalue weighted by Gasteiger charge is 2.25. The van der Waals surface area contributed by atoms with Crippen LogP contribution in [-0.2, 0) is 6.54 Å². The molecule has 2 aromatic heterocycles. The van der Waals surface area contributed by atoms with Crippen LogP contribution in [-0.4, -0.2) is 38.3 Å². The summed E-state index contributed by atoms with van der Waals surface area (Å²) in [6.45, 7) is 3.78. The quantitative estimate of drug-likeness (QED) is 0.845. The lowest BCUT2D eigenvalue weighted by atomic mass is 9.97. The maximum absolute atomic E-state index is 12.8. The second-order valence-electron chi connectivity index (χ2n) is 6.94. The molecule has 2 aromatic rings. The third-order valence-electron chi connectivity index (χ3n) is 5.21. The summed E-state index contributed by atoms with van der Waals surface area (Å²) >= 11 is 12.7. The van der Waals surface area contributed by atoms with Gasteiger partial charge in [0.1, 0.15) is 5.69 Å². The number of hydrogen-bond donors (Lipinski definition) is 1. The van der Waals surface area contributed by atoms with Gasteiger partial charge in [0.25, 0.3) is 5.91 Å². The first kappa shape index (κ1) is 18.5. The van der Waals surface area contributed by atoms with Crippen LogP contribution in [0.5, 0.6) is 0 Å². The number of hydrogen-bond acceptors (Lipinski definition) is 4. The SMILES string of the molecule is Cc1nc2nc(C(=O)N3CCCC3)cn2c(C2=C(Cl)C=C(Cl)CC2)c1CN. The summed E-state index contributed by atoms with van der Waals surface area (Å²) in [4.78, 5) is 23.7. The molecule has 0 radical (unpaired) electrons. The average Bonchev–Trinajstić information content (AvgIpc) is 3.30. The molecular weight excluding hydrogens is 385 g/mol. The van der Waals surface area contributed by atoms with Gasteiger partial charge in [-0.15, -0.1) is 0 Å². The van der Waals surface area contributed by atoms with E-state index in [1.54, 1.807) is 12.3 Å². The van der Waals surface area contributed by atoms with Crippen molar-refractivity contribution in [3.63, 3.8) is 0 Å². The first-order valence-electron chi connectivity index (χ1n) is 9.12. The van der Waals surface area contributed by atoms with Gasteiger partial charge in [0.05, 0.1) is 5.69 Å². The second-order valence-corrected chi connectivity index (χ2v) is 7.83. The maximum atomic E-state index is 12.8. The van der Waals surface area contributed by atoms with Crippen molar-refractivity contribution in [3.8, 4) is 0 Å². The molecule has 1 aliphatic heterocycles. The number of carbonyl (C=O) groups is 1. The van der Waals surface area contributed by atoms with Gasteiger partial charge in [0.2, 0.25) is 5.78 Å². The van der Waals surface area contributed by atoms with Gasteiger partial charge >= 0.3 is 0 Å². The van der Waals surface area contributed by atoms with Gasteiger partial charge < -0.3 is 10.6 Å². The molecule has 0 aromatic carbocycles. The van der Waals surface area contributed by atoms with Gasteiger partial charge in [-0.05, 0) is 44.3 Å². The first-order chi connectivity index (χ1) is 13.0. The minimum Gasteiger partial charge on any atom is -0.337 e. The molecule has 2 N–H and O–H groups in total. The lowest BCUT2D eigenvalue weighted by molar-refractivity contribution is 0.0787. The molecule has 4 rings (SSSR count). The Morgan fingerprint density at radius 3 is 2.63 bits per heavy atom. The number of rotatable bonds is 3. The Hall–Kier alpha value is -1.89. The first-order valence-corrected chi connectivity index (χ1v) is 9.88. The summed E-state index contributed by atoms with van der Waals surface area (Å²) in [6, 6.07) is 0. The van der Waals surface area contributed by atoms with Gasteiger partial charge in [-0.25, -0.2) is 9.97 Å². The molecule has 1 amide bonds. The van der Waals surface area contributed by atoms with Crippen molar-refractivity contribution in [2.24, 2.45) is 5.73 Å². The Kier molecular flexibility index (Phi) is 4.97. The van der Waals surface area contributed by atoms with Crippen LogP contribution in [0.3, 0.4) is 0 Å². The standard InChI is InChI=1S/C19H21Cl2N5O/c1-11-14(9-22)17(13-5-4-12(20)8-15(13)21)26-10-16(24-19(26)23-11)18(27)25-6-2-3-7-25/h8,10H,2-7,9,22H2,1H3.